The van der Waals surface area contributed by atoms with Gasteiger partial charge in [0.2, 0.25) is 0 Å². The van der Waals surface area contributed by atoms with Gasteiger partial charge in [0.15, 0.2) is 0 Å². The third-order valence-electron chi connectivity index (χ3n) is 2.28. The summed E-state index contributed by atoms with van der Waals surface area (Å²) in [4.78, 5) is 8.16. The van der Waals surface area contributed by atoms with E-state index in [0.29, 0.717) is 12.2 Å². The fraction of sp³-hybridized carbons (Fsp3) is 0.167. The van der Waals surface area contributed by atoms with Crippen LogP contribution in [-0.2, 0) is 6.54 Å². The summed E-state index contributed by atoms with van der Waals surface area (Å²) in [5, 5.41) is 3.04. The van der Waals surface area contributed by atoms with E-state index < -0.39 is 0 Å². The number of aromatic nitrogens is 2. The van der Waals surface area contributed by atoms with E-state index in [-0.39, 0.29) is 5.82 Å². The Hall–Kier alpha value is -1.81. The van der Waals surface area contributed by atoms with Gasteiger partial charge in [0, 0.05) is 24.5 Å². The van der Waals surface area contributed by atoms with Gasteiger partial charge in [0.05, 0.1) is 11.9 Å². The standard InChI is InChI=1S/C12H12FN3/c1-14-7-9-2-3-10(13)6-11(9)12-8-15-4-5-16-12/h2-6,8,14H,7H2,1H3. The first kappa shape index (κ1) is 10.7. The van der Waals surface area contributed by atoms with Crippen molar-refractivity contribution in [3.8, 4) is 11.3 Å². The molecule has 1 aromatic carbocycles. The van der Waals surface area contributed by atoms with Gasteiger partial charge in [-0.25, -0.2) is 4.39 Å². The number of benzene rings is 1. The highest BCUT2D eigenvalue weighted by molar-refractivity contribution is 5.62. The van der Waals surface area contributed by atoms with Gasteiger partial charge < -0.3 is 5.32 Å². The molecule has 0 amide bonds. The van der Waals surface area contributed by atoms with Crippen molar-refractivity contribution in [1.29, 1.82) is 0 Å². The van der Waals surface area contributed by atoms with Crippen LogP contribution in [0.25, 0.3) is 11.3 Å². The second kappa shape index (κ2) is 4.81. The highest BCUT2D eigenvalue weighted by Crippen LogP contribution is 2.22. The lowest BCUT2D eigenvalue weighted by Gasteiger charge is -2.08. The van der Waals surface area contributed by atoms with E-state index in [9.17, 15) is 4.39 Å². The van der Waals surface area contributed by atoms with E-state index in [4.69, 9.17) is 0 Å². The Morgan fingerprint density at radius 2 is 2.19 bits per heavy atom. The first-order valence-corrected chi connectivity index (χ1v) is 5.00. The molecule has 0 atom stereocenters. The average molecular weight is 217 g/mol. The summed E-state index contributed by atoms with van der Waals surface area (Å²) >= 11 is 0. The van der Waals surface area contributed by atoms with Crippen molar-refractivity contribution in [2.24, 2.45) is 0 Å². The first-order chi connectivity index (χ1) is 7.81. The van der Waals surface area contributed by atoms with Crippen molar-refractivity contribution in [3.63, 3.8) is 0 Å². The van der Waals surface area contributed by atoms with Gasteiger partial charge in [0.1, 0.15) is 5.82 Å². The summed E-state index contributed by atoms with van der Waals surface area (Å²) in [7, 11) is 1.85. The lowest BCUT2D eigenvalue weighted by Crippen LogP contribution is -2.07. The molecule has 2 aromatic rings. The lowest BCUT2D eigenvalue weighted by atomic mass is 10.0. The predicted molar refractivity (Wildman–Crippen MR) is 60.2 cm³/mol. The number of hydrogen-bond acceptors (Lipinski definition) is 3. The molecule has 0 aliphatic rings. The van der Waals surface area contributed by atoms with Crippen LogP contribution in [0.4, 0.5) is 4.39 Å². The quantitative estimate of drug-likeness (QED) is 0.854. The van der Waals surface area contributed by atoms with Crippen molar-refractivity contribution in [2.75, 3.05) is 7.05 Å². The molecular weight excluding hydrogens is 205 g/mol. The molecule has 0 bridgehead atoms. The van der Waals surface area contributed by atoms with Gasteiger partial charge in [-0.15, -0.1) is 0 Å². The summed E-state index contributed by atoms with van der Waals surface area (Å²) < 4.78 is 13.2. The fourth-order valence-electron chi connectivity index (χ4n) is 1.57. The molecule has 0 aliphatic carbocycles. The maximum absolute atomic E-state index is 13.2. The molecule has 0 saturated carbocycles. The number of rotatable bonds is 3. The van der Waals surface area contributed by atoms with Gasteiger partial charge in [-0.3, -0.25) is 9.97 Å². The van der Waals surface area contributed by atoms with E-state index in [2.05, 4.69) is 15.3 Å². The van der Waals surface area contributed by atoms with Crippen molar-refractivity contribution < 1.29 is 4.39 Å². The zero-order valence-corrected chi connectivity index (χ0v) is 8.94. The van der Waals surface area contributed by atoms with Gasteiger partial charge in [-0.1, -0.05) is 6.07 Å². The van der Waals surface area contributed by atoms with Crippen LogP contribution in [0.5, 0.6) is 0 Å². The molecule has 0 aliphatic heterocycles. The Labute approximate surface area is 93.4 Å². The summed E-state index contributed by atoms with van der Waals surface area (Å²) in [5.41, 5.74) is 2.47. The lowest BCUT2D eigenvalue weighted by molar-refractivity contribution is 0.627. The van der Waals surface area contributed by atoms with E-state index >= 15 is 0 Å². The Morgan fingerprint density at radius 1 is 1.31 bits per heavy atom. The number of halogens is 1. The fourth-order valence-corrected chi connectivity index (χ4v) is 1.57. The summed E-state index contributed by atoms with van der Waals surface area (Å²) in [6.07, 6.45) is 4.83. The highest BCUT2D eigenvalue weighted by Gasteiger charge is 2.07. The molecule has 0 saturated heterocycles. The van der Waals surface area contributed by atoms with Gasteiger partial charge in [-0.05, 0) is 24.7 Å². The molecule has 1 aromatic heterocycles. The minimum atomic E-state index is -0.263. The van der Waals surface area contributed by atoms with Gasteiger partial charge >= 0.3 is 0 Å². The SMILES string of the molecule is CNCc1ccc(F)cc1-c1cnccn1. The molecule has 16 heavy (non-hydrogen) atoms. The molecule has 2 rings (SSSR count). The van der Waals surface area contributed by atoms with Crippen molar-refractivity contribution in [1.82, 2.24) is 15.3 Å². The van der Waals surface area contributed by atoms with Crippen LogP contribution in [0, 0.1) is 5.82 Å². The predicted octanol–water partition coefficient (Wildman–Crippen LogP) is 2.00. The van der Waals surface area contributed by atoms with Crippen molar-refractivity contribution >= 4 is 0 Å². The van der Waals surface area contributed by atoms with Crippen LogP contribution in [0.2, 0.25) is 0 Å². The number of nitrogens with zero attached hydrogens (tertiary/aromatic N) is 2. The second-order valence-electron chi connectivity index (χ2n) is 3.42. The largest absolute Gasteiger partial charge is 0.316 e. The second-order valence-corrected chi connectivity index (χ2v) is 3.42. The highest BCUT2D eigenvalue weighted by atomic mass is 19.1. The molecule has 1 N–H and O–H groups in total. The topological polar surface area (TPSA) is 37.8 Å². The third kappa shape index (κ3) is 2.23. The molecule has 0 radical (unpaired) electrons. The van der Waals surface area contributed by atoms with Crippen LogP contribution in [0.1, 0.15) is 5.56 Å². The third-order valence-corrected chi connectivity index (χ3v) is 2.28. The van der Waals surface area contributed by atoms with Crippen LogP contribution >= 0.6 is 0 Å². The summed E-state index contributed by atoms with van der Waals surface area (Å²) in [6.45, 7) is 0.673. The Kier molecular flexibility index (Phi) is 3.22. The monoisotopic (exact) mass is 217 g/mol. The smallest absolute Gasteiger partial charge is 0.123 e. The van der Waals surface area contributed by atoms with Crippen LogP contribution in [0.15, 0.2) is 36.8 Å². The molecular formula is C12H12FN3. The minimum Gasteiger partial charge on any atom is -0.316 e. The zero-order chi connectivity index (χ0) is 11.4. The van der Waals surface area contributed by atoms with Crippen LogP contribution in [-0.4, -0.2) is 17.0 Å². The normalized spacial score (nSPS) is 10.4. The number of nitrogens with one attached hydrogen (secondary N) is 1. The molecule has 0 spiro atoms. The average Bonchev–Trinajstić information content (AvgIpc) is 2.33. The van der Waals surface area contributed by atoms with E-state index in [0.717, 1.165) is 11.1 Å². The first-order valence-electron chi connectivity index (χ1n) is 5.00. The molecule has 1 heterocycles. The van der Waals surface area contributed by atoms with Crippen LogP contribution < -0.4 is 5.32 Å². The van der Waals surface area contributed by atoms with Crippen molar-refractivity contribution in [2.45, 2.75) is 6.54 Å². The van der Waals surface area contributed by atoms with Crippen molar-refractivity contribution in [3.05, 3.63) is 48.2 Å². The Balaban J connectivity index is 2.49. The van der Waals surface area contributed by atoms with Crippen LogP contribution in [0.3, 0.4) is 0 Å². The van der Waals surface area contributed by atoms with E-state index in [1.807, 2.05) is 7.05 Å². The molecule has 4 heteroatoms. The molecule has 82 valence electrons. The Bertz CT molecular complexity index is 471. The maximum Gasteiger partial charge on any atom is 0.123 e. The molecule has 0 unspecified atom stereocenters. The molecule has 3 nitrogen and oxygen atoms in total. The summed E-state index contributed by atoms with van der Waals surface area (Å²) in [6, 6.07) is 4.69. The van der Waals surface area contributed by atoms with E-state index in [1.165, 1.54) is 12.1 Å². The van der Waals surface area contributed by atoms with Gasteiger partial charge in [-0.2, -0.15) is 0 Å². The van der Waals surface area contributed by atoms with E-state index in [1.54, 1.807) is 24.7 Å². The maximum atomic E-state index is 13.2. The molecule has 0 fully saturated rings. The summed E-state index contributed by atoms with van der Waals surface area (Å²) in [5.74, 6) is -0.263. The number of hydrogen-bond donors (Lipinski definition) is 1. The zero-order valence-electron chi connectivity index (χ0n) is 8.94. The minimum absolute atomic E-state index is 0.263. The Morgan fingerprint density at radius 3 is 2.88 bits per heavy atom. The van der Waals surface area contributed by atoms with Gasteiger partial charge in [0.25, 0.3) is 0 Å².